The average molecular weight is 470 g/mol. The minimum Gasteiger partial charge on any atom is -0.354 e. The highest BCUT2D eigenvalue weighted by molar-refractivity contribution is 5.90. The van der Waals surface area contributed by atoms with Crippen molar-refractivity contribution in [2.45, 2.75) is 13.5 Å². The summed E-state index contributed by atoms with van der Waals surface area (Å²) in [4.78, 5) is 35.2. The van der Waals surface area contributed by atoms with Gasteiger partial charge in [-0.3, -0.25) is 14.5 Å². The molecule has 0 spiro atoms. The predicted octanol–water partition coefficient (Wildman–Crippen LogP) is 3.53. The molecule has 9 heteroatoms. The number of nitrogens with one attached hydrogen (secondary N) is 2. The standard InChI is InChI=1S/C26H27N7O2/c1-17(34)32-10-8-31(9-11-32)16-18-2-4-23-19(12-18)15-25(28-23)22-14-20-13-21(33-7-6-27-30-33)3-5-24(20)29-26(22)35/h2-5,12-15,28H,6-11,16H2,1H3,(H,29,35). The van der Waals surface area contributed by atoms with Crippen molar-refractivity contribution in [2.75, 3.05) is 44.3 Å². The fraction of sp³-hybridized carbons (Fsp3) is 0.308. The van der Waals surface area contributed by atoms with Gasteiger partial charge >= 0.3 is 0 Å². The molecule has 2 aromatic heterocycles. The highest BCUT2D eigenvalue weighted by atomic mass is 16.2. The molecule has 0 atom stereocenters. The van der Waals surface area contributed by atoms with Crippen LogP contribution in [0.2, 0.25) is 0 Å². The van der Waals surface area contributed by atoms with Gasteiger partial charge in [-0.1, -0.05) is 11.3 Å². The summed E-state index contributed by atoms with van der Waals surface area (Å²) in [5, 5.41) is 12.1. The Labute approximate surface area is 202 Å². The quantitative estimate of drug-likeness (QED) is 0.478. The number of benzene rings is 2. The first-order valence-corrected chi connectivity index (χ1v) is 12.0. The van der Waals surface area contributed by atoms with Crippen LogP contribution in [0.5, 0.6) is 0 Å². The maximum absolute atomic E-state index is 12.9. The van der Waals surface area contributed by atoms with E-state index in [1.807, 2.05) is 40.2 Å². The molecule has 2 aromatic carbocycles. The van der Waals surface area contributed by atoms with Crippen LogP contribution >= 0.6 is 0 Å². The van der Waals surface area contributed by atoms with Gasteiger partial charge in [0.05, 0.1) is 30.0 Å². The molecule has 4 aromatic rings. The number of amides is 1. The largest absolute Gasteiger partial charge is 0.354 e. The number of H-pyrrole nitrogens is 2. The molecular formula is C26H27N7O2. The highest BCUT2D eigenvalue weighted by Gasteiger charge is 2.19. The van der Waals surface area contributed by atoms with Crippen LogP contribution in [-0.4, -0.2) is 64.9 Å². The first kappa shape index (κ1) is 21.5. The van der Waals surface area contributed by atoms with Crippen LogP contribution in [0.1, 0.15) is 12.5 Å². The number of pyridine rings is 1. The lowest BCUT2D eigenvalue weighted by molar-refractivity contribution is -0.130. The van der Waals surface area contributed by atoms with E-state index >= 15 is 0 Å². The summed E-state index contributed by atoms with van der Waals surface area (Å²) in [5.41, 5.74) is 5.25. The minimum atomic E-state index is -0.124. The Morgan fingerprint density at radius 1 is 0.914 bits per heavy atom. The summed E-state index contributed by atoms with van der Waals surface area (Å²) in [6, 6.07) is 16.3. The zero-order chi connectivity index (χ0) is 23.9. The van der Waals surface area contributed by atoms with Crippen LogP contribution in [-0.2, 0) is 11.3 Å². The Morgan fingerprint density at radius 3 is 2.46 bits per heavy atom. The molecule has 2 N–H and O–H groups in total. The summed E-state index contributed by atoms with van der Waals surface area (Å²) in [7, 11) is 0. The van der Waals surface area contributed by atoms with Gasteiger partial charge < -0.3 is 14.9 Å². The van der Waals surface area contributed by atoms with Gasteiger partial charge in [-0.15, -0.1) is 0 Å². The van der Waals surface area contributed by atoms with Crippen LogP contribution in [0.15, 0.2) is 63.7 Å². The van der Waals surface area contributed by atoms with Gasteiger partial charge in [0.1, 0.15) is 0 Å². The number of nitrogens with zero attached hydrogens (tertiary/aromatic N) is 5. The zero-order valence-corrected chi connectivity index (χ0v) is 19.6. The molecule has 6 rings (SSSR count). The van der Waals surface area contributed by atoms with E-state index in [2.05, 4.69) is 43.4 Å². The molecule has 178 valence electrons. The summed E-state index contributed by atoms with van der Waals surface area (Å²) >= 11 is 0. The molecule has 9 nitrogen and oxygen atoms in total. The predicted molar refractivity (Wildman–Crippen MR) is 136 cm³/mol. The van der Waals surface area contributed by atoms with E-state index in [4.69, 9.17) is 0 Å². The van der Waals surface area contributed by atoms with Crippen LogP contribution in [0.25, 0.3) is 33.1 Å². The number of hydrogen-bond donors (Lipinski definition) is 2. The number of piperazine rings is 1. The van der Waals surface area contributed by atoms with Gasteiger partial charge in [0.25, 0.3) is 5.56 Å². The Balaban J connectivity index is 1.27. The van der Waals surface area contributed by atoms with Crippen molar-refractivity contribution in [3.8, 4) is 11.3 Å². The van der Waals surface area contributed by atoms with Gasteiger partial charge in [0, 0.05) is 61.5 Å². The smallest absolute Gasteiger partial charge is 0.257 e. The monoisotopic (exact) mass is 469 g/mol. The molecule has 0 saturated carbocycles. The lowest BCUT2D eigenvalue weighted by atomic mass is 10.1. The van der Waals surface area contributed by atoms with E-state index in [0.29, 0.717) is 12.1 Å². The van der Waals surface area contributed by atoms with Crippen molar-refractivity contribution in [1.29, 1.82) is 0 Å². The number of carbonyl (C=O) groups excluding carboxylic acids is 1. The summed E-state index contributed by atoms with van der Waals surface area (Å²) in [6.45, 7) is 7.24. The van der Waals surface area contributed by atoms with Gasteiger partial charge in [0.2, 0.25) is 5.91 Å². The van der Waals surface area contributed by atoms with Crippen molar-refractivity contribution >= 4 is 33.4 Å². The molecule has 0 aliphatic carbocycles. The molecule has 0 bridgehead atoms. The third-order valence-corrected chi connectivity index (χ3v) is 6.91. The molecule has 1 saturated heterocycles. The summed E-state index contributed by atoms with van der Waals surface area (Å²) in [5.74, 6) is 0.146. The first-order valence-electron chi connectivity index (χ1n) is 12.0. The molecule has 0 unspecified atom stereocenters. The van der Waals surface area contributed by atoms with E-state index in [-0.39, 0.29) is 11.5 Å². The topological polar surface area (TPSA) is 100 Å². The number of aromatic amines is 2. The van der Waals surface area contributed by atoms with Crippen LogP contribution in [0.4, 0.5) is 5.69 Å². The molecule has 1 fully saturated rings. The van der Waals surface area contributed by atoms with Crippen LogP contribution < -0.4 is 10.6 Å². The van der Waals surface area contributed by atoms with Crippen LogP contribution in [0, 0.1) is 0 Å². The minimum absolute atomic E-state index is 0.124. The number of rotatable bonds is 4. The van der Waals surface area contributed by atoms with Crippen molar-refractivity contribution in [1.82, 2.24) is 19.8 Å². The van der Waals surface area contributed by atoms with Crippen molar-refractivity contribution in [2.24, 2.45) is 10.3 Å². The average Bonchev–Trinajstić information content (AvgIpc) is 3.54. The van der Waals surface area contributed by atoms with Gasteiger partial charge in [-0.25, -0.2) is 5.01 Å². The fourth-order valence-electron chi connectivity index (χ4n) is 4.95. The number of anilines is 1. The number of aromatic nitrogens is 2. The second kappa shape index (κ2) is 8.66. The molecule has 1 amide bonds. The van der Waals surface area contributed by atoms with E-state index < -0.39 is 0 Å². The maximum Gasteiger partial charge on any atom is 0.257 e. The van der Waals surface area contributed by atoms with E-state index in [1.165, 1.54) is 5.56 Å². The van der Waals surface area contributed by atoms with Gasteiger partial charge in [-0.2, -0.15) is 5.11 Å². The molecule has 2 aliphatic heterocycles. The molecule has 0 radical (unpaired) electrons. The number of carbonyl (C=O) groups is 1. The Morgan fingerprint density at radius 2 is 1.69 bits per heavy atom. The SMILES string of the molecule is CC(=O)N1CCN(Cc2ccc3[nH]c(-c4cc5cc(N6CCN=N6)ccc5[nH]c4=O)cc3c2)CC1. The molecule has 35 heavy (non-hydrogen) atoms. The molecular weight excluding hydrogens is 442 g/mol. The van der Waals surface area contributed by atoms with Crippen molar-refractivity contribution in [3.63, 3.8) is 0 Å². The first-order chi connectivity index (χ1) is 17.0. The highest BCUT2D eigenvalue weighted by Crippen LogP contribution is 2.27. The summed E-state index contributed by atoms with van der Waals surface area (Å²) < 4.78 is 0. The van der Waals surface area contributed by atoms with Crippen molar-refractivity contribution in [3.05, 3.63) is 64.4 Å². The Hall–Kier alpha value is -3.98. The molecule has 2 aliphatic rings. The maximum atomic E-state index is 12.9. The van der Waals surface area contributed by atoms with E-state index in [0.717, 1.165) is 72.5 Å². The van der Waals surface area contributed by atoms with E-state index in [1.54, 1.807) is 6.92 Å². The van der Waals surface area contributed by atoms with Gasteiger partial charge in [-0.05, 0) is 48.0 Å². The second-order valence-electron chi connectivity index (χ2n) is 9.25. The van der Waals surface area contributed by atoms with Crippen LogP contribution in [0.3, 0.4) is 0 Å². The third-order valence-electron chi connectivity index (χ3n) is 6.91. The third kappa shape index (κ3) is 4.19. The number of fused-ring (bicyclic) bond motifs is 2. The lowest BCUT2D eigenvalue weighted by Gasteiger charge is -2.34. The second-order valence-corrected chi connectivity index (χ2v) is 9.25. The number of hydrogen-bond acceptors (Lipinski definition) is 6. The summed E-state index contributed by atoms with van der Waals surface area (Å²) in [6.07, 6.45) is 0. The molecule has 4 heterocycles. The van der Waals surface area contributed by atoms with Gasteiger partial charge in [0.15, 0.2) is 0 Å². The Bertz CT molecular complexity index is 1510. The van der Waals surface area contributed by atoms with E-state index in [9.17, 15) is 9.59 Å². The lowest BCUT2D eigenvalue weighted by Crippen LogP contribution is -2.47. The fourth-order valence-corrected chi connectivity index (χ4v) is 4.95. The Kier molecular flexibility index (Phi) is 5.33. The zero-order valence-electron chi connectivity index (χ0n) is 19.6. The van der Waals surface area contributed by atoms with Crippen molar-refractivity contribution < 1.29 is 4.79 Å². The normalized spacial score (nSPS) is 16.6.